The minimum Gasteiger partial charge on any atom is -0.0844 e. The molecule has 0 nitrogen and oxygen atoms in total. The molecule has 0 saturated carbocycles. The Hall–Kier alpha value is 0.397. The van der Waals surface area contributed by atoms with Gasteiger partial charge in [-0.3, -0.25) is 0 Å². The van der Waals surface area contributed by atoms with Crippen LogP contribution in [0.1, 0.15) is 0 Å². The number of benzene rings is 2. The summed E-state index contributed by atoms with van der Waals surface area (Å²) in [5, 5.41) is 4.47. The first-order valence-corrected chi connectivity index (χ1v) is 11.2. The zero-order valence-electron chi connectivity index (χ0n) is 11.1. The highest BCUT2D eigenvalue weighted by Gasteiger charge is 2.35. The third kappa shape index (κ3) is 3.21. The van der Waals surface area contributed by atoms with Crippen molar-refractivity contribution in [1.82, 2.24) is 0 Å². The van der Waals surface area contributed by atoms with E-state index in [1.807, 2.05) is 0 Å². The monoisotopic (exact) mass is 416 g/mol. The van der Waals surface area contributed by atoms with Crippen LogP contribution in [0, 0.1) is 0 Å². The third-order valence-corrected chi connectivity index (χ3v) is 9.75. The second-order valence-corrected chi connectivity index (χ2v) is 11.7. The lowest BCUT2D eigenvalue weighted by Gasteiger charge is -2.28. The van der Waals surface area contributed by atoms with Crippen molar-refractivity contribution in [1.29, 1.82) is 0 Å². The fraction of sp³-hybridized carbons (Fsp3) is 0.143. The van der Waals surface area contributed by atoms with Gasteiger partial charge in [-0.15, -0.1) is 0 Å². The van der Waals surface area contributed by atoms with Gasteiger partial charge >= 0.3 is 0 Å². The predicted octanol–water partition coefficient (Wildman–Crippen LogP) is 6.43. The van der Waals surface area contributed by atoms with E-state index < -0.39 is 8.07 Å². The van der Waals surface area contributed by atoms with E-state index in [4.69, 9.17) is 69.6 Å². The quantitative estimate of drug-likeness (QED) is 0.389. The maximum Gasteiger partial charge on any atom is 0.120 e. The molecule has 0 bridgehead atoms. The second-order valence-electron chi connectivity index (χ2n) is 5.06. The van der Waals surface area contributed by atoms with E-state index in [9.17, 15) is 0 Å². The molecule has 0 heterocycles. The Kier molecular flexibility index (Phi) is 5.48. The molecule has 0 aliphatic heterocycles. The first kappa shape index (κ1) is 17.7. The van der Waals surface area contributed by atoms with Crippen molar-refractivity contribution in [2.24, 2.45) is 0 Å². The van der Waals surface area contributed by atoms with E-state index in [0.717, 1.165) is 10.4 Å². The topological polar surface area (TPSA) is 0 Å². The van der Waals surface area contributed by atoms with Crippen molar-refractivity contribution < 1.29 is 0 Å². The van der Waals surface area contributed by atoms with Crippen LogP contribution in [-0.4, -0.2) is 8.07 Å². The summed E-state index contributed by atoms with van der Waals surface area (Å²) in [4.78, 5) is 0. The molecule has 2 aromatic rings. The van der Waals surface area contributed by atoms with E-state index in [2.05, 4.69) is 13.1 Å². The minimum absolute atomic E-state index is 0.438. The zero-order valence-corrected chi connectivity index (χ0v) is 16.6. The van der Waals surface area contributed by atoms with Crippen LogP contribution in [0.2, 0.25) is 43.2 Å². The standard InChI is InChI=1S/C14H10Cl6Si/c1-21(2,13-9(17)5-3-7(15)11(13)19)14-10(18)6-4-8(16)12(14)20/h3-6H,1-2H3. The Morgan fingerprint density at radius 2 is 0.857 bits per heavy atom. The number of halogens is 6. The van der Waals surface area contributed by atoms with Crippen LogP contribution in [-0.2, 0) is 0 Å². The van der Waals surface area contributed by atoms with E-state index in [1.54, 1.807) is 24.3 Å². The number of rotatable bonds is 2. The molecule has 0 aliphatic rings. The number of hydrogen-bond acceptors (Lipinski definition) is 0. The maximum atomic E-state index is 6.38. The summed E-state index contributed by atoms with van der Waals surface area (Å²) in [5.41, 5.74) is 0. The molecule has 0 unspecified atom stereocenters. The first-order valence-electron chi connectivity index (χ1n) is 5.96. The van der Waals surface area contributed by atoms with Crippen LogP contribution >= 0.6 is 69.6 Å². The largest absolute Gasteiger partial charge is 0.120 e. The molecule has 21 heavy (non-hydrogen) atoms. The maximum absolute atomic E-state index is 6.38. The van der Waals surface area contributed by atoms with Gasteiger partial charge < -0.3 is 0 Å². The highest BCUT2D eigenvalue weighted by Crippen LogP contribution is 2.31. The van der Waals surface area contributed by atoms with E-state index >= 15 is 0 Å². The summed E-state index contributed by atoms with van der Waals surface area (Å²) < 4.78 is 0. The van der Waals surface area contributed by atoms with Gasteiger partial charge in [-0.05, 0) is 34.6 Å². The van der Waals surface area contributed by atoms with Crippen LogP contribution in [0.3, 0.4) is 0 Å². The highest BCUT2D eigenvalue weighted by atomic mass is 35.5. The molecule has 2 rings (SSSR count). The molecule has 2 aromatic carbocycles. The smallest absolute Gasteiger partial charge is 0.0844 e. The molecule has 0 aliphatic carbocycles. The first-order chi connectivity index (χ1) is 9.67. The predicted molar refractivity (Wildman–Crippen MR) is 99.7 cm³/mol. The molecule has 0 fully saturated rings. The van der Waals surface area contributed by atoms with E-state index in [0.29, 0.717) is 30.1 Å². The molecule has 0 saturated heterocycles. The normalized spacial score (nSPS) is 11.8. The third-order valence-electron chi connectivity index (χ3n) is 3.34. The molecule has 0 radical (unpaired) electrons. The van der Waals surface area contributed by atoms with Crippen LogP contribution < -0.4 is 10.4 Å². The molecule has 7 heteroatoms. The Morgan fingerprint density at radius 3 is 1.19 bits per heavy atom. The van der Waals surface area contributed by atoms with Crippen molar-refractivity contribution in [2.75, 3.05) is 0 Å². The van der Waals surface area contributed by atoms with Crippen LogP contribution in [0.4, 0.5) is 0 Å². The minimum atomic E-state index is -2.39. The van der Waals surface area contributed by atoms with E-state index in [-0.39, 0.29) is 0 Å². The van der Waals surface area contributed by atoms with Crippen molar-refractivity contribution in [3.63, 3.8) is 0 Å². The van der Waals surface area contributed by atoms with Gasteiger partial charge in [0.25, 0.3) is 0 Å². The van der Waals surface area contributed by atoms with Gasteiger partial charge in [0.2, 0.25) is 0 Å². The molecule has 0 N–H and O–H groups in total. The summed E-state index contributed by atoms with van der Waals surface area (Å²) in [6, 6.07) is 6.79. The van der Waals surface area contributed by atoms with Gasteiger partial charge in [-0.25, -0.2) is 0 Å². The lowest BCUT2D eigenvalue weighted by Crippen LogP contribution is -2.55. The summed E-state index contributed by atoms with van der Waals surface area (Å²) in [6.07, 6.45) is 0. The van der Waals surface area contributed by atoms with E-state index in [1.165, 1.54) is 0 Å². The van der Waals surface area contributed by atoms with Gasteiger partial charge in [0.1, 0.15) is 8.07 Å². The molecule has 112 valence electrons. The SMILES string of the molecule is C[Si](C)(c1c(Cl)ccc(Cl)c1Cl)c1c(Cl)ccc(Cl)c1Cl. The van der Waals surface area contributed by atoms with Crippen LogP contribution in [0.5, 0.6) is 0 Å². The summed E-state index contributed by atoms with van der Waals surface area (Å²) in [6.45, 7) is 4.11. The Bertz CT molecular complexity index is 652. The van der Waals surface area contributed by atoms with Crippen molar-refractivity contribution in [2.45, 2.75) is 13.1 Å². The lowest BCUT2D eigenvalue weighted by molar-refractivity contribution is 1.66. The Morgan fingerprint density at radius 1 is 0.571 bits per heavy atom. The Labute approximate surface area is 154 Å². The average molecular weight is 419 g/mol. The lowest BCUT2D eigenvalue weighted by atomic mass is 10.3. The molecular formula is C14H10Cl6Si. The summed E-state index contributed by atoms with van der Waals surface area (Å²) in [7, 11) is -2.39. The fourth-order valence-corrected chi connectivity index (χ4v) is 9.35. The van der Waals surface area contributed by atoms with Gasteiger partial charge in [-0.2, -0.15) is 0 Å². The Balaban J connectivity index is 2.80. The van der Waals surface area contributed by atoms with Crippen molar-refractivity contribution in [3.8, 4) is 0 Å². The average Bonchev–Trinajstić information content (AvgIpc) is 2.39. The van der Waals surface area contributed by atoms with Gasteiger partial charge in [0.05, 0.1) is 20.1 Å². The van der Waals surface area contributed by atoms with Crippen LogP contribution in [0.15, 0.2) is 24.3 Å². The van der Waals surface area contributed by atoms with Crippen LogP contribution in [0.25, 0.3) is 0 Å². The van der Waals surface area contributed by atoms with Gasteiger partial charge in [-0.1, -0.05) is 82.7 Å². The molecule has 0 atom stereocenters. The van der Waals surface area contributed by atoms with Gasteiger partial charge in [0, 0.05) is 10.0 Å². The highest BCUT2D eigenvalue weighted by molar-refractivity contribution is 7.04. The second kappa shape index (κ2) is 6.49. The summed E-state index contributed by atoms with van der Waals surface area (Å²) >= 11 is 37.7. The molecular weight excluding hydrogens is 409 g/mol. The zero-order chi connectivity index (χ0) is 15.9. The van der Waals surface area contributed by atoms with Gasteiger partial charge in [0.15, 0.2) is 0 Å². The fourth-order valence-electron chi connectivity index (χ4n) is 2.32. The molecule has 0 amide bonds. The number of hydrogen-bond donors (Lipinski definition) is 0. The van der Waals surface area contributed by atoms with Crippen molar-refractivity contribution >= 4 is 88.1 Å². The molecule has 0 aromatic heterocycles. The summed E-state index contributed by atoms with van der Waals surface area (Å²) in [5.74, 6) is 0. The molecule has 0 spiro atoms. The van der Waals surface area contributed by atoms with Crippen molar-refractivity contribution in [3.05, 3.63) is 54.4 Å².